The zero-order valence-electron chi connectivity index (χ0n) is 16.5. The highest BCUT2D eigenvalue weighted by Gasteiger charge is 2.14. The van der Waals surface area contributed by atoms with Gasteiger partial charge in [0.15, 0.2) is 11.5 Å². The Morgan fingerprint density at radius 2 is 2.24 bits per heavy atom. The van der Waals surface area contributed by atoms with Gasteiger partial charge in [-0.15, -0.1) is 0 Å². The van der Waals surface area contributed by atoms with E-state index >= 15 is 0 Å². The first-order chi connectivity index (χ1) is 14.0. The Labute approximate surface area is 178 Å². The van der Waals surface area contributed by atoms with Gasteiger partial charge in [0.1, 0.15) is 18.2 Å². The van der Waals surface area contributed by atoms with Crippen LogP contribution in [0.5, 0.6) is 11.5 Å². The summed E-state index contributed by atoms with van der Waals surface area (Å²) < 4.78 is 15.0. The molecule has 29 heavy (non-hydrogen) atoms. The second-order valence-electron chi connectivity index (χ2n) is 6.22. The van der Waals surface area contributed by atoms with Crippen molar-refractivity contribution in [2.24, 2.45) is 5.92 Å². The molecule has 0 bridgehead atoms. The van der Waals surface area contributed by atoms with Gasteiger partial charge >= 0.3 is 0 Å². The monoisotopic (exact) mass is 430 g/mol. The highest BCUT2D eigenvalue weighted by Crippen LogP contribution is 2.29. The molecule has 152 valence electrons. The summed E-state index contributed by atoms with van der Waals surface area (Å²) in [5.41, 5.74) is 0.573. The Morgan fingerprint density at radius 1 is 1.45 bits per heavy atom. The summed E-state index contributed by atoms with van der Waals surface area (Å²) in [5.74, 6) is 1.90. The van der Waals surface area contributed by atoms with Crippen molar-refractivity contribution >= 4 is 40.4 Å². The lowest BCUT2D eigenvalue weighted by Crippen LogP contribution is -2.13. The number of nitrogens with one attached hydrogen (secondary N) is 1. The average Bonchev–Trinajstić information content (AvgIpc) is 3.16. The Hall–Kier alpha value is -2.83. The van der Waals surface area contributed by atoms with Crippen molar-refractivity contribution < 1.29 is 14.3 Å². The summed E-state index contributed by atoms with van der Waals surface area (Å²) in [5, 5.41) is 13.0. The first kappa shape index (κ1) is 22.5. The molecule has 0 fully saturated rings. The number of amides is 1. The molecule has 0 unspecified atom stereocenters. The molecule has 2 aromatic rings. The minimum atomic E-state index is -0.546. The fraction of sp³-hybridized carbons (Fsp3) is 0.300. The fourth-order valence-electron chi connectivity index (χ4n) is 2.08. The predicted octanol–water partition coefficient (Wildman–Crippen LogP) is 4.41. The van der Waals surface area contributed by atoms with E-state index < -0.39 is 5.91 Å². The highest BCUT2D eigenvalue weighted by atomic mass is 32.2. The van der Waals surface area contributed by atoms with Crippen LogP contribution in [0.2, 0.25) is 0 Å². The lowest BCUT2D eigenvalue weighted by atomic mass is 10.1. The lowest BCUT2D eigenvalue weighted by molar-refractivity contribution is -0.112. The highest BCUT2D eigenvalue weighted by molar-refractivity contribution is 7.99. The maximum atomic E-state index is 12.4. The number of benzene rings is 1. The third kappa shape index (κ3) is 6.93. The van der Waals surface area contributed by atoms with Crippen molar-refractivity contribution in [1.82, 2.24) is 9.36 Å². The standard InChI is InChI=1S/C20H22N4O3S2/c1-5-8-27-16-7-6-14(10-17(16)26-4)9-15(11-21)18(25)22-19-23-20(24-29-19)28-12-13(2)3/h5-7,9-10,13H,1,8,12H2,2-4H3,(H,22,23,24,25). The summed E-state index contributed by atoms with van der Waals surface area (Å²) in [6, 6.07) is 7.05. The van der Waals surface area contributed by atoms with E-state index in [9.17, 15) is 10.1 Å². The molecule has 0 aliphatic carbocycles. The Bertz CT molecular complexity index is 932. The quantitative estimate of drug-likeness (QED) is 0.258. The van der Waals surface area contributed by atoms with E-state index in [-0.39, 0.29) is 5.57 Å². The Morgan fingerprint density at radius 3 is 2.90 bits per heavy atom. The number of hydrogen-bond acceptors (Lipinski definition) is 8. The summed E-state index contributed by atoms with van der Waals surface area (Å²) in [4.78, 5) is 16.7. The molecule has 1 N–H and O–H groups in total. The molecule has 0 radical (unpaired) electrons. The zero-order chi connectivity index (χ0) is 21.2. The molecule has 0 saturated heterocycles. The summed E-state index contributed by atoms with van der Waals surface area (Å²) >= 11 is 2.61. The van der Waals surface area contributed by atoms with Gasteiger partial charge in [-0.25, -0.2) is 0 Å². The molecular weight excluding hydrogens is 408 g/mol. The smallest absolute Gasteiger partial charge is 0.268 e. The fourth-order valence-corrected chi connectivity index (χ4v) is 3.57. The minimum absolute atomic E-state index is 0.0570. The van der Waals surface area contributed by atoms with Gasteiger partial charge in [-0.05, 0) is 29.7 Å². The number of anilines is 1. The van der Waals surface area contributed by atoms with E-state index in [0.29, 0.717) is 39.9 Å². The maximum Gasteiger partial charge on any atom is 0.268 e. The Balaban J connectivity index is 2.12. The van der Waals surface area contributed by atoms with Gasteiger partial charge in [-0.2, -0.15) is 14.6 Å². The molecule has 0 spiro atoms. The summed E-state index contributed by atoms with van der Waals surface area (Å²) in [7, 11) is 1.52. The molecule has 1 heterocycles. The molecule has 1 aromatic carbocycles. The van der Waals surface area contributed by atoms with Crippen molar-refractivity contribution in [1.29, 1.82) is 5.26 Å². The molecule has 0 saturated carbocycles. The molecule has 0 aliphatic heterocycles. The number of nitrogens with zero attached hydrogens (tertiary/aromatic N) is 3. The van der Waals surface area contributed by atoms with E-state index in [1.54, 1.807) is 24.3 Å². The number of methoxy groups -OCH3 is 1. The van der Waals surface area contributed by atoms with E-state index in [4.69, 9.17) is 9.47 Å². The molecule has 1 amide bonds. The number of carbonyl (C=O) groups excluding carboxylic acids is 1. The number of aromatic nitrogens is 2. The third-order valence-electron chi connectivity index (χ3n) is 3.39. The molecular formula is C20H22N4O3S2. The van der Waals surface area contributed by atoms with Gasteiger partial charge in [0.05, 0.1) is 7.11 Å². The number of thioether (sulfide) groups is 1. The number of ether oxygens (including phenoxy) is 2. The van der Waals surface area contributed by atoms with Crippen molar-refractivity contribution in [2.75, 3.05) is 24.8 Å². The average molecular weight is 431 g/mol. The second-order valence-corrected chi connectivity index (χ2v) is 7.96. The number of nitriles is 1. The van der Waals surface area contributed by atoms with Crippen LogP contribution in [0.1, 0.15) is 19.4 Å². The first-order valence-corrected chi connectivity index (χ1v) is 10.5. The van der Waals surface area contributed by atoms with Crippen molar-refractivity contribution in [3.63, 3.8) is 0 Å². The van der Waals surface area contributed by atoms with Crippen LogP contribution >= 0.6 is 23.3 Å². The maximum absolute atomic E-state index is 12.4. The van der Waals surface area contributed by atoms with Gasteiger partial charge in [-0.1, -0.05) is 44.3 Å². The van der Waals surface area contributed by atoms with E-state index in [2.05, 4.69) is 35.1 Å². The number of carbonyl (C=O) groups is 1. The normalized spacial score (nSPS) is 11.1. The van der Waals surface area contributed by atoms with Crippen LogP contribution in [-0.4, -0.2) is 34.7 Å². The van der Waals surface area contributed by atoms with Crippen molar-refractivity contribution in [3.05, 3.63) is 42.0 Å². The van der Waals surface area contributed by atoms with Gasteiger partial charge in [-0.3, -0.25) is 10.1 Å². The van der Waals surface area contributed by atoms with Gasteiger partial charge in [0.2, 0.25) is 10.3 Å². The van der Waals surface area contributed by atoms with E-state index in [0.717, 1.165) is 17.3 Å². The summed E-state index contributed by atoms with van der Waals surface area (Å²) in [6.45, 7) is 8.17. The van der Waals surface area contributed by atoms with E-state index in [1.165, 1.54) is 24.9 Å². The zero-order valence-corrected chi connectivity index (χ0v) is 18.1. The van der Waals surface area contributed by atoms with Crippen LogP contribution in [0.4, 0.5) is 5.13 Å². The van der Waals surface area contributed by atoms with Gasteiger partial charge in [0, 0.05) is 17.3 Å². The largest absolute Gasteiger partial charge is 0.493 e. The van der Waals surface area contributed by atoms with Crippen LogP contribution in [0.3, 0.4) is 0 Å². The third-order valence-corrected chi connectivity index (χ3v) is 5.41. The minimum Gasteiger partial charge on any atom is -0.493 e. The SMILES string of the molecule is C=CCOc1ccc(C=C(C#N)C(=O)Nc2nc(SCC(C)C)ns2)cc1OC. The first-order valence-electron chi connectivity index (χ1n) is 8.78. The van der Waals surface area contributed by atoms with E-state index in [1.807, 2.05) is 6.07 Å². The van der Waals surface area contributed by atoms with Crippen LogP contribution in [0, 0.1) is 17.2 Å². The van der Waals surface area contributed by atoms with Crippen molar-refractivity contribution in [3.8, 4) is 17.6 Å². The Kier molecular flexibility index (Phi) is 8.70. The van der Waals surface area contributed by atoms with Crippen LogP contribution in [-0.2, 0) is 4.79 Å². The van der Waals surface area contributed by atoms with Crippen LogP contribution in [0.15, 0.2) is 41.6 Å². The molecule has 2 rings (SSSR count). The molecule has 7 nitrogen and oxygen atoms in total. The second kappa shape index (κ2) is 11.2. The summed E-state index contributed by atoms with van der Waals surface area (Å²) in [6.07, 6.45) is 3.11. The predicted molar refractivity (Wildman–Crippen MR) is 116 cm³/mol. The van der Waals surface area contributed by atoms with Crippen LogP contribution in [0.25, 0.3) is 6.08 Å². The van der Waals surface area contributed by atoms with Crippen molar-refractivity contribution in [2.45, 2.75) is 19.0 Å². The van der Waals surface area contributed by atoms with Gasteiger partial charge in [0.25, 0.3) is 5.91 Å². The molecule has 1 aromatic heterocycles. The molecule has 0 aliphatic rings. The number of hydrogen-bond donors (Lipinski definition) is 1. The number of rotatable bonds is 10. The molecule has 0 atom stereocenters. The van der Waals surface area contributed by atoms with Gasteiger partial charge < -0.3 is 9.47 Å². The van der Waals surface area contributed by atoms with Crippen LogP contribution < -0.4 is 14.8 Å². The topological polar surface area (TPSA) is 97.1 Å². The lowest BCUT2D eigenvalue weighted by Gasteiger charge is -2.10. The molecule has 9 heteroatoms.